The molecule has 0 aromatic carbocycles. The van der Waals surface area contributed by atoms with Crippen LogP contribution in [0, 0.1) is 11.3 Å². The summed E-state index contributed by atoms with van der Waals surface area (Å²) in [7, 11) is 0. The van der Waals surface area contributed by atoms with E-state index >= 15 is 0 Å². The van der Waals surface area contributed by atoms with Crippen LogP contribution in [-0.4, -0.2) is 0 Å². The molecule has 0 N–H and O–H groups in total. The quantitative estimate of drug-likeness (QED) is 0.564. The average molecular weight is 154 g/mol. The molecule has 1 aliphatic carbocycles. The molecule has 0 radical (unpaired) electrons. The Labute approximate surface area is 71.4 Å². The highest BCUT2D eigenvalue weighted by molar-refractivity contribution is 4.70. The highest BCUT2D eigenvalue weighted by atomic mass is 14.2. The van der Waals surface area contributed by atoms with Crippen molar-refractivity contribution in [2.75, 3.05) is 0 Å². The molecule has 1 aliphatic rings. The van der Waals surface area contributed by atoms with Crippen LogP contribution in [0.25, 0.3) is 0 Å². The predicted octanol–water partition coefficient (Wildman–Crippen LogP) is 4.00. The van der Waals surface area contributed by atoms with Crippen LogP contribution in [0.4, 0.5) is 0 Å². The third kappa shape index (κ3) is 3.79. The van der Waals surface area contributed by atoms with Crippen molar-refractivity contribution in [1.82, 2.24) is 0 Å². The number of hydrogen-bond acceptors (Lipinski definition) is 0. The molecule has 0 atom stereocenters. The second kappa shape index (κ2) is 3.60. The highest BCUT2D eigenvalue weighted by Gasteiger charge is 2.18. The van der Waals surface area contributed by atoms with Crippen molar-refractivity contribution in [2.24, 2.45) is 11.3 Å². The Hall–Kier alpha value is 0. The van der Waals surface area contributed by atoms with Crippen LogP contribution in [0.3, 0.4) is 0 Å². The van der Waals surface area contributed by atoms with Crippen LogP contribution in [0.15, 0.2) is 0 Å². The van der Waals surface area contributed by atoms with E-state index < -0.39 is 0 Å². The number of rotatable bonds is 2. The molecule has 66 valence electrons. The molecular formula is C11H22. The van der Waals surface area contributed by atoms with Crippen molar-refractivity contribution in [3.8, 4) is 0 Å². The second-order valence-corrected chi connectivity index (χ2v) is 5.25. The highest BCUT2D eigenvalue weighted by Crippen LogP contribution is 2.32. The maximum absolute atomic E-state index is 2.35. The molecular weight excluding hydrogens is 132 g/mol. The van der Waals surface area contributed by atoms with Crippen LogP contribution < -0.4 is 0 Å². The Kier molecular flexibility index (Phi) is 2.98. The number of hydrogen-bond donors (Lipinski definition) is 0. The fourth-order valence-electron chi connectivity index (χ4n) is 1.94. The summed E-state index contributed by atoms with van der Waals surface area (Å²) in [5.41, 5.74) is 0.558. The Bertz CT molecular complexity index is 102. The molecule has 0 bridgehead atoms. The fraction of sp³-hybridized carbons (Fsp3) is 1.00. The molecule has 1 rings (SSSR count). The van der Waals surface area contributed by atoms with E-state index in [-0.39, 0.29) is 0 Å². The summed E-state index contributed by atoms with van der Waals surface area (Å²) in [6, 6.07) is 0. The van der Waals surface area contributed by atoms with Crippen LogP contribution >= 0.6 is 0 Å². The van der Waals surface area contributed by atoms with E-state index in [1.165, 1.54) is 38.5 Å². The van der Waals surface area contributed by atoms with Gasteiger partial charge in [0.2, 0.25) is 0 Å². The van der Waals surface area contributed by atoms with Gasteiger partial charge in [-0.3, -0.25) is 0 Å². The first-order chi connectivity index (χ1) is 5.08. The van der Waals surface area contributed by atoms with Gasteiger partial charge in [-0.25, -0.2) is 0 Å². The van der Waals surface area contributed by atoms with Gasteiger partial charge in [0.05, 0.1) is 0 Å². The van der Waals surface area contributed by atoms with E-state index in [4.69, 9.17) is 0 Å². The van der Waals surface area contributed by atoms with Gasteiger partial charge in [0.25, 0.3) is 0 Å². The topological polar surface area (TPSA) is 0 Å². The second-order valence-electron chi connectivity index (χ2n) is 5.25. The van der Waals surface area contributed by atoms with Crippen LogP contribution in [0.1, 0.15) is 59.3 Å². The van der Waals surface area contributed by atoms with Crippen LogP contribution in [-0.2, 0) is 0 Å². The normalized spacial score (nSPS) is 21.0. The minimum atomic E-state index is 0.558. The van der Waals surface area contributed by atoms with E-state index in [0.717, 1.165) is 5.92 Å². The molecule has 11 heavy (non-hydrogen) atoms. The first-order valence-corrected chi connectivity index (χ1v) is 5.08. The minimum absolute atomic E-state index is 0.558. The van der Waals surface area contributed by atoms with Gasteiger partial charge in [0.1, 0.15) is 0 Å². The van der Waals surface area contributed by atoms with Crippen molar-refractivity contribution in [1.29, 1.82) is 0 Å². The molecule has 0 unspecified atom stereocenters. The van der Waals surface area contributed by atoms with Gasteiger partial charge in [-0.05, 0) is 24.2 Å². The van der Waals surface area contributed by atoms with Gasteiger partial charge < -0.3 is 0 Å². The molecule has 0 heteroatoms. The van der Waals surface area contributed by atoms with Crippen LogP contribution in [0.2, 0.25) is 0 Å². The molecule has 0 aliphatic heterocycles. The SMILES string of the molecule is CC(C)(C)CCC1CCCC1. The zero-order chi connectivity index (χ0) is 8.32. The van der Waals surface area contributed by atoms with Gasteiger partial charge in [-0.15, -0.1) is 0 Å². The average Bonchev–Trinajstić information content (AvgIpc) is 2.32. The minimum Gasteiger partial charge on any atom is -0.0602 e. The predicted molar refractivity (Wildman–Crippen MR) is 50.6 cm³/mol. The zero-order valence-corrected chi connectivity index (χ0v) is 8.32. The molecule has 0 amide bonds. The third-order valence-corrected chi connectivity index (χ3v) is 2.78. The van der Waals surface area contributed by atoms with Gasteiger partial charge >= 0.3 is 0 Å². The van der Waals surface area contributed by atoms with Gasteiger partial charge in [0, 0.05) is 0 Å². The monoisotopic (exact) mass is 154 g/mol. The lowest BCUT2D eigenvalue weighted by Gasteiger charge is -2.20. The maximum Gasteiger partial charge on any atom is -0.0383 e. The molecule has 0 saturated heterocycles. The molecule has 0 aromatic heterocycles. The molecule has 0 nitrogen and oxygen atoms in total. The Morgan fingerprint density at radius 1 is 1.09 bits per heavy atom. The summed E-state index contributed by atoms with van der Waals surface area (Å²) in [5, 5.41) is 0. The lowest BCUT2D eigenvalue weighted by atomic mass is 9.86. The van der Waals surface area contributed by atoms with E-state index in [1.54, 1.807) is 0 Å². The molecule has 1 fully saturated rings. The molecule has 1 saturated carbocycles. The summed E-state index contributed by atoms with van der Waals surface area (Å²) in [6.07, 6.45) is 8.90. The lowest BCUT2D eigenvalue weighted by molar-refractivity contribution is 0.323. The summed E-state index contributed by atoms with van der Waals surface area (Å²) in [4.78, 5) is 0. The van der Waals surface area contributed by atoms with Gasteiger partial charge in [0.15, 0.2) is 0 Å². The maximum atomic E-state index is 2.35. The van der Waals surface area contributed by atoms with Crippen molar-refractivity contribution in [3.05, 3.63) is 0 Å². The van der Waals surface area contributed by atoms with Crippen molar-refractivity contribution in [3.63, 3.8) is 0 Å². The first kappa shape index (κ1) is 9.09. The summed E-state index contributed by atoms with van der Waals surface area (Å²) in [6.45, 7) is 7.05. The Morgan fingerprint density at radius 2 is 1.64 bits per heavy atom. The fourth-order valence-corrected chi connectivity index (χ4v) is 1.94. The van der Waals surface area contributed by atoms with Gasteiger partial charge in [-0.1, -0.05) is 46.5 Å². The lowest BCUT2D eigenvalue weighted by Crippen LogP contribution is -2.07. The van der Waals surface area contributed by atoms with Crippen LogP contribution in [0.5, 0.6) is 0 Å². The summed E-state index contributed by atoms with van der Waals surface area (Å²) < 4.78 is 0. The largest absolute Gasteiger partial charge is 0.0602 e. The molecule has 0 heterocycles. The third-order valence-electron chi connectivity index (χ3n) is 2.78. The van der Waals surface area contributed by atoms with Crippen molar-refractivity contribution >= 4 is 0 Å². The van der Waals surface area contributed by atoms with Crippen molar-refractivity contribution < 1.29 is 0 Å². The zero-order valence-electron chi connectivity index (χ0n) is 8.32. The van der Waals surface area contributed by atoms with E-state index in [1.807, 2.05) is 0 Å². The smallest absolute Gasteiger partial charge is 0.0383 e. The molecule has 0 spiro atoms. The first-order valence-electron chi connectivity index (χ1n) is 5.08. The van der Waals surface area contributed by atoms with E-state index in [2.05, 4.69) is 20.8 Å². The van der Waals surface area contributed by atoms with E-state index in [9.17, 15) is 0 Å². The Balaban J connectivity index is 2.11. The Morgan fingerprint density at radius 3 is 2.09 bits per heavy atom. The van der Waals surface area contributed by atoms with Gasteiger partial charge in [-0.2, -0.15) is 0 Å². The van der Waals surface area contributed by atoms with E-state index in [0.29, 0.717) is 5.41 Å². The van der Waals surface area contributed by atoms with Crippen molar-refractivity contribution in [2.45, 2.75) is 59.3 Å². The summed E-state index contributed by atoms with van der Waals surface area (Å²) >= 11 is 0. The molecule has 0 aromatic rings. The standard InChI is InChI=1S/C11H22/c1-11(2,3)9-8-10-6-4-5-7-10/h10H,4-9H2,1-3H3. The summed E-state index contributed by atoms with van der Waals surface area (Å²) in [5.74, 6) is 1.08.